The van der Waals surface area contributed by atoms with Crippen molar-refractivity contribution in [1.29, 1.82) is 0 Å². The fourth-order valence-corrected chi connectivity index (χ4v) is 2.30. The lowest BCUT2D eigenvalue weighted by Gasteiger charge is -2.19. The molecule has 0 aliphatic carbocycles. The summed E-state index contributed by atoms with van der Waals surface area (Å²) in [5.41, 5.74) is -0.585. The molecule has 1 aromatic heterocycles. The molecule has 0 saturated carbocycles. The van der Waals surface area contributed by atoms with Crippen molar-refractivity contribution < 1.29 is 14.0 Å². The van der Waals surface area contributed by atoms with Gasteiger partial charge in [-0.1, -0.05) is 13.8 Å². The van der Waals surface area contributed by atoms with E-state index in [4.69, 9.17) is 4.42 Å². The van der Waals surface area contributed by atoms with E-state index in [0.29, 0.717) is 12.3 Å². The van der Waals surface area contributed by atoms with E-state index >= 15 is 0 Å². The molecule has 0 radical (unpaired) electrons. The summed E-state index contributed by atoms with van der Waals surface area (Å²) in [4.78, 5) is 25.4. The number of amides is 2. The van der Waals surface area contributed by atoms with Crippen molar-refractivity contribution in [2.75, 3.05) is 0 Å². The number of furan rings is 1. The van der Waals surface area contributed by atoms with E-state index in [1.165, 1.54) is 4.90 Å². The number of hydrogen-bond donors (Lipinski definition) is 1. The van der Waals surface area contributed by atoms with Crippen LogP contribution in [-0.4, -0.2) is 22.3 Å². The van der Waals surface area contributed by atoms with Gasteiger partial charge in [0, 0.05) is 12.0 Å². The molecule has 1 aliphatic heterocycles. The fraction of sp³-hybridized carbons (Fsp3) is 0.625. The van der Waals surface area contributed by atoms with Crippen LogP contribution in [0.3, 0.4) is 0 Å². The lowest BCUT2D eigenvalue weighted by atomic mass is 9.92. The van der Waals surface area contributed by atoms with Crippen LogP contribution in [0.25, 0.3) is 0 Å². The minimum Gasteiger partial charge on any atom is -0.463 e. The first-order valence-corrected chi connectivity index (χ1v) is 7.26. The number of hydrogen-bond acceptors (Lipinski definition) is 4. The number of imide groups is 1. The normalized spacial score (nSPS) is 18.6. The standard InChI is InChI=1S/C16H24N2O3/c1-15(2,3)17-9-11-6-7-12(21-11)10-18-13(19)8-16(4,5)14(18)20/h6-7,17H,8-10H2,1-5H3. The molecule has 5 heteroatoms. The molecule has 116 valence electrons. The zero-order valence-corrected chi connectivity index (χ0v) is 13.4. The molecule has 21 heavy (non-hydrogen) atoms. The van der Waals surface area contributed by atoms with E-state index in [-0.39, 0.29) is 30.3 Å². The molecule has 2 heterocycles. The van der Waals surface area contributed by atoms with Gasteiger partial charge in [0.05, 0.1) is 18.5 Å². The molecule has 1 aliphatic rings. The molecule has 5 nitrogen and oxygen atoms in total. The lowest BCUT2D eigenvalue weighted by Crippen LogP contribution is -2.34. The van der Waals surface area contributed by atoms with Crippen LogP contribution in [0.15, 0.2) is 16.5 Å². The highest BCUT2D eigenvalue weighted by Gasteiger charge is 2.44. The predicted octanol–water partition coefficient (Wildman–Crippen LogP) is 2.45. The van der Waals surface area contributed by atoms with Gasteiger partial charge in [0.15, 0.2) is 0 Å². The highest BCUT2D eigenvalue weighted by molar-refractivity contribution is 6.05. The maximum atomic E-state index is 12.2. The molecule has 2 amide bonds. The van der Waals surface area contributed by atoms with Crippen molar-refractivity contribution >= 4 is 11.8 Å². The Morgan fingerprint density at radius 1 is 1.24 bits per heavy atom. The molecule has 0 bridgehead atoms. The topological polar surface area (TPSA) is 62.6 Å². The van der Waals surface area contributed by atoms with Crippen molar-refractivity contribution in [1.82, 2.24) is 10.2 Å². The average molecular weight is 292 g/mol. The van der Waals surface area contributed by atoms with Gasteiger partial charge in [0.1, 0.15) is 11.5 Å². The summed E-state index contributed by atoms with van der Waals surface area (Å²) in [7, 11) is 0. The highest BCUT2D eigenvalue weighted by Crippen LogP contribution is 2.32. The van der Waals surface area contributed by atoms with Crippen LogP contribution in [0.1, 0.15) is 52.6 Å². The quantitative estimate of drug-likeness (QED) is 0.866. The Labute approximate surface area is 125 Å². The molecule has 2 rings (SSSR count). The largest absolute Gasteiger partial charge is 0.463 e. The van der Waals surface area contributed by atoms with Crippen LogP contribution in [0.4, 0.5) is 0 Å². The van der Waals surface area contributed by atoms with Crippen LogP contribution in [0.2, 0.25) is 0 Å². The Balaban J connectivity index is 2.00. The molecule has 0 atom stereocenters. The number of carbonyl (C=O) groups excluding carboxylic acids is 2. The van der Waals surface area contributed by atoms with Gasteiger partial charge in [-0.25, -0.2) is 0 Å². The number of likely N-dealkylation sites (tertiary alicyclic amines) is 1. The van der Waals surface area contributed by atoms with E-state index in [2.05, 4.69) is 26.1 Å². The minimum absolute atomic E-state index is 0.0118. The second-order valence-electron chi connectivity index (χ2n) is 7.32. The van der Waals surface area contributed by atoms with E-state index in [1.54, 1.807) is 13.8 Å². The predicted molar refractivity (Wildman–Crippen MR) is 79.3 cm³/mol. The first-order valence-electron chi connectivity index (χ1n) is 7.26. The van der Waals surface area contributed by atoms with Gasteiger partial charge in [-0.3, -0.25) is 14.5 Å². The summed E-state index contributed by atoms with van der Waals surface area (Å²) < 4.78 is 5.70. The zero-order chi connectivity index (χ0) is 15.8. The van der Waals surface area contributed by atoms with Crippen molar-refractivity contribution in [2.24, 2.45) is 5.41 Å². The Bertz CT molecular complexity index is 552. The van der Waals surface area contributed by atoms with Gasteiger partial charge in [-0.2, -0.15) is 0 Å². The van der Waals surface area contributed by atoms with Crippen LogP contribution < -0.4 is 5.32 Å². The molecular weight excluding hydrogens is 268 g/mol. The number of carbonyl (C=O) groups is 2. The molecule has 1 N–H and O–H groups in total. The Morgan fingerprint density at radius 2 is 1.86 bits per heavy atom. The third kappa shape index (κ3) is 3.73. The smallest absolute Gasteiger partial charge is 0.235 e. The number of nitrogens with zero attached hydrogens (tertiary/aromatic N) is 1. The van der Waals surface area contributed by atoms with E-state index < -0.39 is 5.41 Å². The molecule has 0 spiro atoms. The molecule has 0 unspecified atom stereocenters. The second kappa shape index (κ2) is 5.30. The van der Waals surface area contributed by atoms with Gasteiger partial charge >= 0.3 is 0 Å². The fourth-order valence-electron chi connectivity index (χ4n) is 2.30. The summed E-state index contributed by atoms with van der Waals surface area (Å²) in [6.07, 6.45) is 0.269. The van der Waals surface area contributed by atoms with Crippen molar-refractivity contribution in [3.8, 4) is 0 Å². The Hall–Kier alpha value is -1.62. The average Bonchev–Trinajstić information content (AvgIpc) is 2.85. The van der Waals surface area contributed by atoms with Gasteiger partial charge in [-0.05, 0) is 32.9 Å². The second-order valence-corrected chi connectivity index (χ2v) is 7.32. The lowest BCUT2D eigenvalue weighted by molar-refractivity contribution is -0.141. The highest BCUT2D eigenvalue weighted by atomic mass is 16.3. The molecule has 1 aromatic rings. The van der Waals surface area contributed by atoms with Gasteiger partial charge in [-0.15, -0.1) is 0 Å². The monoisotopic (exact) mass is 292 g/mol. The van der Waals surface area contributed by atoms with Gasteiger partial charge in [0.25, 0.3) is 0 Å². The van der Waals surface area contributed by atoms with Crippen LogP contribution in [0, 0.1) is 5.41 Å². The third-order valence-electron chi connectivity index (χ3n) is 3.54. The van der Waals surface area contributed by atoms with E-state index in [1.807, 2.05) is 12.1 Å². The molecule has 1 saturated heterocycles. The van der Waals surface area contributed by atoms with Gasteiger partial charge < -0.3 is 9.73 Å². The van der Waals surface area contributed by atoms with E-state index in [9.17, 15) is 9.59 Å². The summed E-state index contributed by atoms with van der Waals surface area (Å²) in [5.74, 6) is 1.19. The maximum absolute atomic E-state index is 12.2. The SMILES string of the molecule is CC(C)(C)NCc1ccc(CN2C(=O)CC(C)(C)C2=O)o1. The first kappa shape index (κ1) is 15.8. The van der Waals surface area contributed by atoms with Crippen LogP contribution in [0.5, 0.6) is 0 Å². The summed E-state index contributed by atoms with van der Waals surface area (Å²) >= 11 is 0. The van der Waals surface area contributed by atoms with Crippen molar-refractivity contribution in [2.45, 2.75) is 59.7 Å². The Kier molecular flexibility index (Phi) is 3.97. The molecular formula is C16H24N2O3. The van der Waals surface area contributed by atoms with Gasteiger partial charge in [0.2, 0.25) is 11.8 Å². The molecule has 0 aromatic carbocycles. The Morgan fingerprint density at radius 3 is 2.38 bits per heavy atom. The van der Waals surface area contributed by atoms with Crippen molar-refractivity contribution in [3.63, 3.8) is 0 Å². The zero-order valence-electron chi connectivity index (χ0n) is 13.4. The molecule has 1 fully saturated rings. The van der Waals surface area contributed by atoms with Crippen LogP contribution >= 0.6 is 0 Å². The number of nitrogens with one attached hydrogen (secondary N) is 1. The van der Waals surface area contributed by atoms with Crippen LogP contribution in [-0.2, 0) is 22.7 Å². The summed E-state index contributed by atoms with van der Waals surface area (Å²) in [6, 6.07) is 3.70. The van der Waals surface area contributed by atoms with E-state index in [0.717, 1.165) is 5.76 Å². The summed E-state index contributed by atoms with van der Waals surface area (Å²) in [5, 5.41) is 3.33. The number of rotatable bonds is 4. The first-order chi connectivity index (χ1) is 9.58. The summed E-state index contributed by atoms with van der Waals surface area (Å²) in [6.45, 7) is 10.7. The third-order valence-corrected chi connectivity index (χ3v) is 3.54. The maximum Gasteiger partial charge on any atom is 0.235 e. The minimum atomic E-state index is -0.597. The van der Waals surface area contributed by atoms with Crippen molar-refractivity contribution in [3.05, 3.63) is 23.7 Å².